The third-order valence-electron chi connectivity index (χ3n) is 7.91. The molecule has 2 aromatic carbocycles. The molecule has 2 aliphatic rings. The van der Waals surface area contributed by atoms with Gasteiger partial charge in [-0.05, 0) is 49.7 Å². The summed E-state index contributed by atoms with van der Waals surface area (Å²) in [5.74, 6) is -1.64. The fourth-order valence-corrected chi connectivity index (χ4v) is 5.59. The minimum absolute atomic E-state index is 0.0137. The zero-order valence-corrected chi connectivity index (χ0v) is 22.5. The Balaban J connectivity index is 1.51. The lowest BCUT2D eigenvalue weighted by atomic mass is 9.94. The molecule has 7 nitrogen and oxygen atoms in total. The Kier molecular flexibility index (Phi) is 10.3. The van der Waals surface area contributed by atoms with E-state index in [0.29, 0.717) is 25.7 Å². The maximum absolute atomic E-state index is 13.5. The van der Waals surface area contributed by atoms with E-state index >= 15 is 0 Å². The SMILES string of the molecule is O=C(C[C@H]1CC=CCC[C@H](Cc2ccccc2)C(=O)OC[C@@H](c2ccccc2)NC1=O)NC1(CO)CCCC1. The highest BCUT2D eigenvalue weighted by atomic mass is 16.5. The van der Waals surface area contributed by atoms with E-state index in [9.17, 15) is 19.5 Å². The molecule has 0 saturated heterocycles. The molecule has 3 N–H and O–H groups in total. The second-order valence-corrected chi connectivity index (χ2v) is 10.9. The van der Waals surface area contributed by atoms with Crippen LogP contribution in [-0.4, -0.2) is 41.6 Å². The second kappa shape index (κ2) is 14.1. The molecular weight excluding hydrogens is 492 g/mol. The van der Waals surface area contributed by atoms with Crippen LogP contribution in [0, 0.1) is 11.8 Å². The quantitative estimate of drug-likeness (QED) is 0.362. The van der Waals surface area contributed by atoms with E-state index < -0.39 is 17.5 Å². The number of hydrogen-bond acceptors (Lipinski definition) is 5. The molecule has 0 spiro atoms. The second-order valence-electron chi connectivity index (χ2n) is 10.9. The van der Waals surface area contributed by atoms with Crippen molar-refractivity contribution < 1.29 is 24.2 Å². The summed E-state index contributed by atoms with van der Waals surface area (Å²) in [5.41, 5.74) is 1.33. The summed E-state index contributed by atoms with van der Waals surface area (Å²) >= 11 is 0. The van der Waals surface area contributed by atoms with Crippen molar-refractivity contribution in [3.8, 4) is 0 Å². The normalized spacial score (nSPS) is 24.0. The van der Waals surface area contributed by atoms with Gasteiger partial charge < -0.3 is 20.5 Å². The van der Waals surface area contributed by atoms with Gasteiger partial charge >= 0.3 is 5.97 Å². The molecule has 3 atom stereocenters. The Bertz CT molecular complexity index is 1110. The minimum atomic E-state index is -0.582. The predicted molar refractivity (Wildman–Crippen MR) is 149 cm³/mol. The molecule has 1 aliphatic heterocycles. The summed E-state index contributed by atoms with van der Waals surface area (Å²) in [5, 5.41) is 16.0. The van der Waals surface area contributed by atoms with Gasteiger partial charge in [-0.15, -0.1) is 0 Å². The molecule has 7 heteroatoms. The molecular formula is C32H40N2O5. The lowest BCUT2D eigenvalue weighted by Gasteiger charge is -2.29. The van der Waals surface area contributed by atoms with Crippen molar-refractivity contribution >= 4 is 17.8 Å². The molecule has 2 aromatic rings. The molecule has 1 aliphatic carbocycles. The van der Waals surface area contributed by atoms with Crippen molar-refractivity contribution in [3.05, 3.63) is 83.9 Å². The van der Waals surface area contributed by atoms with Gasteiger partial charge in [0.2, 0.25) is 11.8 Å². The first-order valence-corrected chi connectivity index (χ1v) is 14.1. The zero-order valence-electron chi connectivity index (χ0n) is 22.5. The zero-order chi connectivity index (χ0) is 27.5. The smallest absolute Gasteiger partial charge is 0.309 e. The van der Waals surface area contributed by atoms with Crippen molar-refractivity contribution in [2.45, 2.75) is 69.4 Å². The number of amides is 2. The van der Waals surface area contributed by atoms with E-state index in [1.54, 1.807) is 0 Å². The van der Waals surface area contributed by atoms with E-state index in [1.807, 2.05) is 72.8 Å². The number of benzene rings is 2. The van der Waals surface area contributed by atoms with Crippen LogP contribution in [0.5, 0.6) is 0 Å². The van der Waals surface area contributed by atoms with Crippen molar-refractivity contribution in [1.29, 1.82) is 0 Å². The molecule has 0 aromatic heterocycles. The topological polar surface area (TPSA) is 105 Å². The lowest BCUT2D eigenvalue weighted by molar-refractivity contribution is -0.150. The van der Waals surface area contributed by atoms with Gasteiger partial charge in [0, 0.05) is 6.42 Å². The highest BCUT2D eigenvalue weighted by Crippen LogP contribution is 2.29. The number of nitrogens with one attached hydrogen (secondary N) is 2. The number of cyclic esters (lactones) is 1. The van der Waals surface area contributed by atoms with Crippen LogP contribution in [0.25, 0.3) is 0 Å². The fraction of sp³-hybridized carbons (Fsp3) is 0.469. The summed E-state index contributed by atoms with van der Waals surface area (Å²) in [6, 6.07) is 18.8. The number of carbonyl (C=O) groups is 3. The monoisotopic (exact) mass is 532 g/mol. The molecule has 1 heterocycles. The van der Waals surface area contributed by atoms with Gasteiger partial charge in [-0.25, -0.2) is 0 Å². The third kappa shape index (κ3) is 8.27. The van der Waals surface area contributed by atoms with E-state index in [4.69, 9.17) is 4.74 Å². The Morgan fingerprint density at radius 1 is 0.974 bits per heavy atom. The number of esters is 1. The van der Waals surface area contributed by atoms with Gasteiger partial charge in [0.15, 0.2) is 0 Å². The number of hydrogen-bond donors (Lipinski definition) is 3. The van der Waals surface area contributed by atoms with Crippen LogP contribution >= 0.6 is 0 Å². The summed E-state index contributed by atoms with van der Waals surface area (Å²) in [6.45, 7) is -0.0824. The number of carbonyl (C=O) groups excluding carboxylic acids is 3. The molecule has 208 valence electrons. The van der Waals surface area contributed by atoms with Crippen LogP contribution in [-0.2, 0) is 25.5 Å². The highest BCUT2D eigenvalue weighted by Gasteiger charge is 2.36. The van der Waals surface area contributed by atoms with Gasteiger partial charge in [0.05, 0.1) is 30.0 Å². The minimum Gasteiger partial charge on any atom is -0.463 e. The van der Waals surface area contributed by atoms with E-state index in [1.165, 1.54) is 0 Å². The highest BCUT2D eigenvalue weighted by molar-refractivity contribution is 5.86. The molecule has 1 saturated carbocycles. The van der Waals surface area contributed by atoms with E-state index in [-0.39, 0.29) is 43.3 Å². The molecule has 0 unspecified atom stereocenters. The van der Waals surface area contributed by atoms with Crippen molar-refractivity contribution in [1.82, 2.24) is 10.6 Å². The summed E-state index contributed by atoms with van der Waals surface area (Å²) in [7, 11) is 0. The van der Waals surface area contributed by atoms with Crippen LogP contribution in [0.15, 0.2) is 72.8 Å². The van der Waals surface area contributed by atoms with Gasteiger partial charge in [0.25, 0.3) is 0 Å². The Labute approximate surface area is 231 Å². The fourth-order valence-electron chi connectivity index (χ4n) is 5.59. The standard InChI is InChI=1S/C32H40N2O5/c35-23-32(18-10-11-19-32)34-29(36)21-26-16-8-3-9-17-27(20-24-12-4-1-5-13-24)31(38)39-22-28(33-30(26)37)25-14-6-2-7-15-25/h1-8,12-15,26-28,35H,9-11,16-23H2,(H,33,37)(H,34,36)/t26-,27-,28+/m1/s1. The number of aliphatic hydroxyl groups is 1. The maximum atomic E-state index is 13.5. The molecule has 0 radical (unpaired) electrons. The Hall–Kier alpha value is -3.45. The van der Waals surface area contributed by atoms with Gasteiger partial charge in [0.1, 0.15) is 6.61 Å². The van der Waals surface area contributed by atoms with E-state index in [0.717, 1.165) is 36.8 Å². The van der Waals surface area contributed by atoms with Crippen LogP contribution in [0.2, 0.25) is 0 Å². The van der Waals surface area contributed by atoms with Gasteiger partial charge in [-0.1, -0.05) is 85.7 Å². The molecule has 0 bridgehead atoms. The summed E-state index contributed by atoms with van der Waals surface area (Å²) in [6.07, 6.45) is 9.68. The van der Waals surface area contributed by atoms with Gasteiger partial charge in [-0.2, -0.15) is 0 Å². The van der Waals surface area contributed by atoms with Crippen LogP contribution in [0.4, 0.5) is 0 Å². The molecule has 1 fully saturated rings. The van der Waals surface area contributed by atoms with Gasteiger partial charge in [-0.3, -0.25) is 14.4 Å². The van der Waals surface area contributed by atoms with Crippen molar-refractivity contribution in [2.75, 3.05) is 13.2 Å². The van der Waals surface area contributed by atoms with E-state index in [2.05, 4.69) is 10.6 Å². The first-order valence-electron chi connectivity index (χ1n) is 14.1. The molecule has 39 heavy (non-hydrogen) atoms. The first kappa shape index (κ1) is 28.6. The number of allylic oxidation sites excluding steroid dienone is 2. The van der Waals surface area contributed by atoms with Crippen LogP contribution in [0.3, 0.4) is 0 Å². The number of rotatable bonds is 7. The maximum Gasteiger partial charge on any atom is 0.309 e. The molecule has 2 amide bonds. The predicted octanol–water partition coefficient (Wildman–Crippen LogP) is 4.41. The van der Waals surface area contributed by atoms with Crippen molar-refractivity contribution in [2.24, 2.45) is 11.8 Å². The number of aliphatic hydroxyl groups excluding tert-OH is 1. The Morgan fingerprint density at radius 3 is 2.36 bits per heavy atom. The first-order chi connectivity index (χ1) is 19.0. The van der Waals surface area contributed by atoms with Crippen LogP contribution < -0.4 is 10.6 Å². The Morgan fingerprint density at radius 2 is 1.67 bits per heavy atom. The van der Waals surface area contributed by atoms with Crippen LogP contribution in [0.1, 0.15) is 68.5 Å². The average Bonchev–Trinajstić information content (AvgIpc) is 3.43. The summed E-state index contributed by atoms with van der Waals surface area (Å²) in [4.78, 5) is 39.7. The average molecular weight is 533 g/mol. The summed E-state index contributed by atoms with van der Waals surface area (Å²) < 4.78 is 5.80. The number of ether oxygens (including phenoxy) is 1. The largest absolute Gasteiger partial charge is 0.463 e. The third-order valence-corrected chi connectivity index (χ3v) is 7.91. The molecule has 4 rings (SSSR count). The lowest BCUT2D eigenvalue weighted by Crippen LogP contribution is -2.50. The van der Waals surface area contributed by atoms with Crippen molar-refractivity contribution in [3.63, 3.8) is 0 Å².